The molecule has 3 aromatic rings. The first-order valence-corrected chi connectivity index (χ1v) is 12.0. The number of aromatic nitrogens is 2. The Morgan fingerprint density at radius 1 is 1.00 bits per heavy atom. The van der Waals surface area contributed by atoms with Crippen LogP contribution in [0.2, 0.25) is 0 Å². The van der Waals surface area contributed by atoms with Crippen molar-refractivity contribution in [2.24, 2.45) is 0 Å². The van der Waals surface area contributed by atoms with E-state index in [1.165, 1.54) is 11.1 Å². The predicted molar refractivity (Wildman–Crippen MR) is 132 cm³/mol. The van der Waals surface area contributed by atoms with Crippen molar-refractivity contribution in [3.05, 3.63) is 88.4 Å². The van der Waals surface area contributed by atoms with Crippen LogP contribution in [0.4, 0.5) is 10.6 Å². The van der Waals surface area contributed by atoms with Gasteiger partial charge < -0.3 is 19.9 Å². The molecule has 0 bridgehead atoms. The van der Waals surface area contributed by atoms with E-state index in [2.05, 4.69) is 41.4 Å². The van der Waals surface area contributed by atoms with E-state index in [1.807, 2.05) is 35.2 Å². The number of carbonyl (C=O) groups is 1. The molecule has 1 aromatic heterocycles. The highest BCUT2D eigenvalue weighted by Gasteiger charge is 2.28. The SMILES string of the molecule is Cc1cccc(Cc2nc3c(c(N4CCOCC4)n2)CN(C(=O)NCc2ccccc2)CC3)c1. The topological polar surface area (TPSA) is 70.6 Å². The van der Waals surface area contributed by atoms with Crippen molar-refractivity contribution < 1.29 is 9.53 Å². The Balaban J connectivity index is 1.37. The molecular formula is C27H31N5O2. The van der Waals surface area contributed by atoms with Gasteiger partial charge in [0, 0.05) is 44.6 Å². The van der Waals surface area contributed by atoms with Gasteiger partial charge in [0.1, 0.15) is 11.6 Å². The van der Waals surface area contributed by atoms with Crippen molar-refractivity contribution in [1.82, 2.24) is 20.2 Å². The molecule has 176 valence electrons. The number of aryl methyl sites for hydroxylation is 1. The summed E-state index contributed by atoms with van der Waals surface area (Å²) in [5, 5.41) is 3.06. The van der Waals surface area contributed by atoms with Crippen LogP contribution in [0.3, 0.4) is 0 Å². The number of amides is 2. The summed E-state index contributed by atoms with van der Waals surface area (Å²) in [6.07, 6.45) is 1.43. The third-order valence-electron chi connectivity index (χ3n) is 6.41. The van der Waals surface area contributed by atoms with E-state index < -0.39 is 0 Å². The van der Waals surface area contributed by atoms with Gasteiger partial charge in [-0.1, -0.05) is 60.2 Å². The van der Waals surface area contributed by atoms with Gasteiger partial charge in [0.2, 0.25) is 0 Å². The third kappa shape index (κ3) is 5.20. The van der Waals surface area contributed by atoms with Gasteiger partial charge in [0.15, 0.2) is 0 Å². The number of anilines is 1. The summed E-state index contributed by atoms with van der Waals surface area (Å²) in [4.78, 5) is 27.1. The first-order chi connectivity index (χ1) is 16.7. The van der Waals surface area contributed by atoms with Crippen LogP contribution in [0.25, 0.3) is 0 Å². The Kier molecular flexibility index (Phi) is 6.72. The highest BCUT2D eigenvalue weighted by molar-refractivity contribution is 5.75. The Morgan fingerprint density at radius 3 is 2.59 bits per heavy atom. The third-order valence-corrected chi connectivity index (χ3v) is 6.41. The maximum Gasteiger partial charge on any atom is 0.317 e. The summed E-state index contributed by atoms with van der Waals surface area (Å²) in [7, 11) is 0. The van der Waals surface area contributed by atoms with Gasteiger partial charge in [0.05, 0.1) is 25.5 Å². The lowest BCUT2D eigenvalue weighted by Gasteiger charge is -2.34. The van der Waals surface area contributed by atoms with E-state index >= 15 is 0 Å². The minimum atomic E-state index is -0.0498. The van der Waals surface area contributed by atoms with Gasteiger partial charge in [-0.05, 0) is 18.1 Å². The second-order valence-electron chi connectivity index (χ2n) is 8.97. The molecule has 0 aliphatic carbocycles. The first kappa shape index (κ1) is 22.3. The first-order valence-electron chi connectivity index (χ1n) is 12.0. The number of nitrogens with one attached hydrogen (secondary N) is 1. The normalized spacial score (nSPS) is 15.7. The second-order valence-corrected chi connectivity index (χ2v) is 8.97. The number of fused-ring (bicyclic) bond motifs is 1. The number of benzene rings is 2. The van der Waals surface area contributed by atoms with Crippen LogP contribution in [0.5, 0.6) is 0 Å². The van der Waals surface area contributed by atoms with E-state index in [4.69, 9.17) is 14.7 Å². The van der Waals surface area contributed by atoms with Crippen LogP contribution in [-0.2, 0) is 30.7 Å². The molecule has 0 radical (unpaired) electrons. The van der Waals surface area contributed by atoms with E-state index in [9.17, 15) is 4.79 Å². The van der Waals surface area contributed by atoms with Crippen molar-refractivity contribution in [3.8, 4) is 0 Å². The predicted octanol–water partition coefficient (Wildman–Crippen LogP) is 3.48. The molecule has 0 atom stereocenters. The highest BCUT2D eigenvalue weighted by atomic mass is 16.5. The molecule has 7 nitrogen and oxygen atoms in total. The molecule has 0 unspecified atom stereocenters. The Labute approximate surface area is 200 Å². The molecule has 1 fully saturated rings. The Hall–Kier alpha value is -3.45. The lowest BCUT2D eigenvalue weighted by atomic mass is 10.0. The maximum absolute atomic E-state index is 12.9. The van der Waals surface area contributed by atoms with E-state index in [0.29, 0.717) is 39.3 Å². The number of urea groups is 1. The smallest absolute Gasteiger partial charge is 0.317 e. The fourth-order valence-electron chi connectivity index (χ4n) is 4.63. The molecule has 7 heteroatoms. The summed E-state index contributed by atoms with van der Waals surface area (Å²) in [5.41, 5.74) is 5.67. The van der Waals surface area contributed by atoms with Gasteiger partial charge in [-0.15, -0.1) is 0 Å². The van der Waals surface area contributed by atoms with Crippen LogP contribution in [0.15, 0.2) is 54.6 Å². The zero-order valence-electron chi connectivity index (χ0n) is 19.7. The number of hydrogen-bond acceptors (Lipinski definition) is 5. The molecule has 34 heavy (non-hydrogen) atoms. The van der Waals surface area contributed by atoms with Crippen molar-refractivity contribution in [3.63, 3.8) is 0 Å². The van der Waals surface area contributed by atoms with Crippen LogP contribution < -0.4 is 10.2 Å². The highest BCUT2D eigenvalue weighted by Crippen LogP contribution is 2.28. The Morgan fingerprint density at radius 2 is 1.79 bits per heavy atom. The van der Waals surface area contributed by atoms with Crippen LogP contribution in [-0.4, -0.2) is 53.7 Å². The summed E-state index contributed by atoms with van der Waals surface area (Å²) < 4.78 is 5.58. The summed E-state index contributed by atoms with van der Waals surface area (Å²) in [5.74, 6) is 1.80. The lowest BCUT2D eigenvalue weighted by Crippen LogP contribution is -2.44. The van der Waals surface area contributed by atoms with Gasteiger partial charge in [-0.25, -0.2) is 14.8 Å². The number of rotatable bonds is 5. The van der Waals surface area contributed by atoms with Crippen molar-refractivity contribution in [1.29, 1.82) is 0 Å². The molecule has 2 aliphatic rings. The van der Waals surface area contributed by atoms with Gasteiger partial charge in [-0.2, -0.15) is 0 Å². The van der Waals surface area contributed by atoms with Crippen molar-refractivity contribution in [2.75, 3.05) is 37.7 Å². The number of nitrogens with zero attached hydrogens (tertiary/aromatic N) is 4. The van der Waals surface area contributed by atoms with Gasteiger partial charge in [-0.3, -0.25) is 0 Å². The molecule has 3 heterocycles. The fourth-order valence-corrected chi connectivity index (χ4v) is 4.63. The fraction of sp³-hybridized carbons (Fsp3) is 0.370. The van der Waals surface area contributed by atoms with Crippen LogP contribution in [0, 0.1) is 6.92 Å². The number of ether oxygens (including phenoxy) is 1. The van der Waals surface area contributed by atoms with E-state index in [-0.39, 0.29) is 6.03 Å². The van der Waals surface area contributed by atoms with Crippen molar-refractivity contribution >= 4 is 11.8 Å². The number of morpholine rings is 1. The molecule has 0 saturated carbocycles. The van der Waals surface area contributed by atoms with Gasteiger partial charge >= 0.3 is 6.03 Å². The Bertz CT molecular complexity index is 1150. The molecule has 2 amide bonds. The molecular weight excluding hydrogens is 426 g/mol. The summed E-state index contributed by atoms with van der Waals surface area (Å²) in [6, 6.07) is 18.4. The minimum absolute atomic E-state index is 0.0498. The van der Waals surface area contributed by atoms with Crippen LogP contribution in [0.1, 0.15) is 33.8 Å². The monoisotopic (exact) mass is 457 g/mol. The minimum Gasteiger partial charge on any atom is -0.378 e. The zero-order valence-corrected chi connectivity index (χ0v) is 19.7. The average Bonchev–Trinajstić information content (AvgIpc) is 2.88. The van der Waals surface area contributed by atoms with E-state index in [0.717, 1.165) is 48.0 Å². The lowest BCUT2D eigenvalue weighted by molar-refractivity contribution is 0.122. The standard InChI is InChI=1S/C27H31N5O2/c1-20-6-5-9-22(16-20)17-25-29-24-10-11-32(27(33)28-18-21-7-3-2-4-8-21)19-23(24)26(30-25)31-12-14-34-15-13-31/h2-9,16H,10-15,17-19H2,1H3,(H,28,33). The maximum atomic E-state index is 12.9. The molecule has 2 aliphatic heterocycles. The summed E-state index contributed by atoms with van der Waals surface area (Å²) >= 11 is 0. The number of hydrogen-bond donors (Lipinski definition) is 1. The largest absolute Gasteiger partial charge is 0.378 e. The van der Waals surface area contributed by atoms with Gasteiger partial charge in [0.25, 0.3) is 0 Å². The average molecular weight is 458 g/mol. The van der Waals surface area contributed by atoms with Crippen LogP contribution >= 0.6 is 0 Å². The number of carbonyl (C=O) groups excluding carboxylic acids is 1. The molecule has 1 N–H and O–H groups in total. The summed E-state index contributed by atoms with van der Waals surface area (Å²) in [6.45, 7) is 6.77. The molecule has 5 rings (SSSR count). The molecule has 0 spiro atoms. The quantitative estimate of drug-likeness (QED) is 0.635. The zero-order chi connectivity index (χ0) is 23.3. The van der Waals surface area contributed by atoms with Crippen molar-refractivity contribution in [2.45, 2.75) is 32.9 Å². The van der Waals surface area contributed by atoms with E-state index in [1.54, 1.807) is 0 Å². The second kappa shape index (κ2) is 10.2. The molecule has 1 saturated heterocycles. The molecule has 2 aromatic carbocycles.